The van der Waals surface area contributed by atoms with Gasteiger partial charge in [0, 0.05) is 30.8 Å². The van der Waals surface area contributed by atoms with Gasteiger partial charge in [-0.3, -0.25) is 9.69 Å². The first-order valence-corrected chi connectivity index (χ1v) is 11.2. The van der Waals surface area contributed by atoms with Crippen LogP contribution in [0.1, 0.15) is 45.0 Å². The standard InChI is InChI=1S/C23H27ClN6O/c1-15-21(24)16(2)30-22(26-15)19-13-29(14-20(19)27-30)23(31)18-7-4-3-6-17(18)12-28-10-5-8-25-9-11-28/h3-4,6-7,25H,5,8-14H2,1-2H3. The number of carbonyl (C=O) groups is 1. The van der Waals surface area contributed by atoms with E-state index >= 15 is 0 Å². The van der Waals surface area contributed by atoms with Gasteiger partial charge in [0.2, 0.25) is 0 Å². The quantitative estimate of drug-likeness (QED) is 0.681. The predicted octanol–water partition coefficient (Wildman–Crippen LogP) is 2.95. The fraction of sp³-hybridized carbons (Fsp3) is 0.435. The second-order valence-corrected chi connectivity index (χ2v) is 8.83. The van der Waals surface area contributed by atoms with Gasteiger partial charge in [-0.1, -0.05) is 29.8 Å². The predicted molar refractivity (Wildman–Crippen MR) is 120 cm³/mol. The molecular weight excluding hydrogens is 412 g/mol. The third-order valence-corrected chi connectivity index (χ3v) is 6.86. The van der Waals surface area contributed by atoms with Gasteiger partial charge in [-0.15, -0.1) is 0 Å². The molecule has 0 radical (unpaired) electrons. The molecule has 162 valence electrons. The topological polar surface area (TPSA) is 65.8 Å². The number of amides is 1. The monoisotopic (exact) mass is 438 g/mol. The zero-order valence-electron chi connectivity index (χ0n) is 18.0. The number of fused-ring (bicyclic) bond motifs is 3. The number of nitrogens with one attached hydrogen (secondary N) is 1. The summed E-state index contributed by atoms with van der Waals surface area (Å²) >= 11 is 6.35. The molecule has 7 nitrogen and oxygen atoms in total. The first kappa shape index (κ1) is 20.4. The molecule has 0 saturated carbocycles. The second kappa shape index (κ2) is 8.22. The first-order chi connectivity index (χ1) is 15.0. The van der Waals surface area contributed by atoms with Crippen molar-refractivity contribution < 1.29 is 4.79 Å². The first-order valence-electron chi connectivity index (χ1n) is 10.9. The zero-order chi connectivity index (χ0) is 21.5. The molecule has 3 aromatic rings. The average Bonchev–Trinajstić information content (AvgIpc) is 3.22. The summed E-state index contributed by atoms with van der Waals surface area (Å²) < 4.78 is 1.81. The maximum absolute atomic E-state index is 13.5. The maximum Gasteiger partial charge on any atom is 0.254 e. The van der Waals surface area contributed by atoms with E-state index in [1.807, 2.05) is 41.5 Å². The van der Waals surface area contributed by atoms with Crippen LogP contribution in [0.4, 0.5) is 0 Å². The Kier molecular flexibility index (Phi) is 5.42. The number of nitrogens with zero attached hydrogens (tertiary/aromatic N) is 5. The highest BCUT2D eigenvalue weighted by molar-refractivity contribution is 6.31. The second-order valence-electron chi connectivity index (χ2n) is 8.46. The Morgan fingerprint density at radius 2 is 2.00 bits per heavy atom. The van der Waals surface area contributed by atoms with Crippen molar-refractivity contribution in [3.63, 3.8) is 0 Å². The van der Waals surface area contributed by atoms with Crippen LogP contribution in [-0.4, -0.2) is 56.5 Å². The minimum Gasteiger partial charge on any atom is -0.328 e. The lowest BCUT2D eigenvalue weighted by Gasteiger charge is -2.23. The number of rotatable bonds is 3. The molecular formula is C23H27ClN6O. The summed E-state index contributed by atoms with van der Waals surface area (Å²) in [6.45, 7) is 9.77. The molecule has 2 aromatic heterocycles. The zero-order valence-corrected chi connectivity index (χ0v) is 18.7. The highest BCUT2D eigenvalue weighted by Crippen LogP contribution is 2.30. The molecule has 1 amide bonds. The summed E-state index contributed by atoms with van der Waals surface area (Å²) in [6, 6.07) is 7.99. The van der Waals surface area contributed by atoms with Gasteiger partial charge in [-0.05, 0) is 45.0 Å². The lowest BCUT2D eigenvalue weighted by atomic mass is 10.1. The van der Waals surface area contributed by atoms with Gasteiger partial charge in [-0.2, -0.15) is 5.10 Å². The summed E-state index contributed by atoms with van der Waals surface area (Å²) in [4.78, 5) is 22.4. The van der Waals surface area contributed by atoms with Crippen molar-refractivity contribution in [1.82, 2.24) is 29.7 Å². The van der Waals surface area contributed by atoms with Gasteiger partial charge in [0.1, 0.15) is 0 Å². The number of aryl methyl sites for hydroxylation is 2. The summed E-state index contributed by atoms with van der Waals surface area (Å²) in [6.07, 6.45) is 1.13. The summed E-state index contributed by atoms with van der Waals surface area (Å²) in [5.74, 6) is 0.0575. The Hall–Kier alpha value is -2.48. The summed E-state index contributed by atoms with van der Waals surface area (Å²) in [5, 5.41) is 8.78. The Balaban J connectivity index is 1.40. The van der Waals surface area contributed by atoms with Crippen LogP contribution in [0.3, 0.4) is 0 Å². The molecule has 8 heteroatoms. The van der Waals surface area contributed by atoms with E-state index in [4.69, 9.17) is 16.7 Å². The van der Waals surface area contributed by atoms with Crippen LogP contribution >= 0.6 is 11.6 Å². The minimum absolute atomic E-state index is 0.0575. The Morgan fingerprint density at radius 1 is 1.16 bits per heavy atom. The van der Waals surface area contributed by atoms with Crippen LogP contribution in [0.25, 0.3) is 5.65 Å². The number of aromatic nitrogens is 3. The Labute approximate surface area is 187 Å². The molecule has 5 rings (SSSR count). The van der Waals surface area contributed by atoms with Crippen molar-refractivity contribution in [2.45, 2.75) is 39.9 Å². The smallest absolute Gasteiger partial charge is 0.254 e. The fourth-order valence-corrected chi connectivity index (χ4v) is 4.72. The van der Waals surface area contributed by atoms with Crippen molar-refractivity contribution in [1.29, 1.82) is 0 Å². The lowest BCUT2D eigenvalue weighted by molar-refractivity contribution is 0.0747. The summed E-state index contributed by atoms with van der Waals surface area (Å²) in [7, 11) is 0. The minimum atomic E-state index is 0.0575. The van der Waals surface area contributed by atoms with E-state index in [-0.39, 0.29) is 5.91 Å². The van der Waals surface area contributed by atoms with E-state index in [9.17, 15) is 4.79 Å². The molecule has 0 spiro atoms. The van der Waals surface area contributed by atoms with Crippen LogP contribution in [0.5, 0.6) is 0 Å². The van der Waals surface area contributed by atoms with Crippen LogP contribution in [0, 0.1) is 13.8 Å². The largest absolute Gasteiger partial charge is 0.328 e. The fourth-order valence-electron chi connectivity index (χ4n) is 4.59. The lowest BCUT2D eigenvalue weighted by Crippen LogP contribution is -2.30. The van der Waals surface area contributed by atoms with Gasteiger partial charge in [-0.25, -0.2) is 9.50 Å². The van der Waals surface area contributed by atoms with E-state index in [2.05, 4.69) is 21.3 Å². The summed E-state index contributed by atoms with van der Waals surface area (Å²) in [5.41, 5.74) is 6.27. The van der Waals surface area contributed by atoms with Crippen molar-refractivity contribution in [3.8, 4) is 0 Å². The molecule has 1 fully saturated rings. The van der Waals surface area contributed by atoms with Crippen molar-refractivity contribution in [2.75, 3.05) is 26.2 Å². The number of hydrogen-bond acceptors (Lipinski definition) is 5. The van der Waals surface area contributed by atoms with Crippen LogP contribution in [-0.2, 0) is 19.6 Å². The van der Waals surface area contributed by atoms with Crippen molar-refractivity contribution in [3.05, 3.63) is 63.1 Å². The normalized spacial score (nSPS) is 17.2. The average molecular weight is 439 g/mol. The third-order valence-electron chi connectivity index (χ3n) is 6.32. The van der Waals surface area contributed by atoms with Crippen LogP contribution in [0.15, 0.2) is 24.3 Å². The van der Waals surface area contributed by atoms with Gasteiger partial charge in [0.25, 0.3) is 5.91 Å². The van der Waals surface area contributed by atoms with E-state index in [1.165, 1.54) is 0 Å². The molecule has 1 N–H and O–H groups in total. The van der Waals surface area contributed by atoms with E-state index in [1.54, 1.807) is 0 Å². The van der Waals surface area contributed by atoms with Gasteiger partial charge < -0.3 is 10.2 Å². The molecule has 0 unspecified atom stereocenters. The van der Waals surface area contributed by atoms with E-state index < -0.39 is 0 Å². The number of halogens is 1. The molecule has 2 aliphatic rings. The molecule has 4 heterocycles. The van der Waals surface area contributed by atoms with Gasteiger partial charge in [0.05, 0.1) is 35.2 Å². The molecule has 0 bridgehead atoms. The Bertz CT molecular complexity index is 1150. The number of hydrogen-bond donors (Lipinski definition) is 1. The molecule has 31 heavy (non-hydrogen) atoms. The van der Waals surface area contributed by atoms with E-state index in [0.717, 1.165) is 78.6 Å². The van der Waals surface area contributed by atoms with Crippen molar-refractivity contribution in [2.24, 2.45) is 0 Å². The molecule has 2 aliphatic heterocycles. The molecule has 0 aliphatic carbocycles. The van der Waals surface area contributed by atoms with Gasteiger partial charge >= 0.3 is 0 Å². The van der Waals surface area contributed by atoms with Crippen molar-refractivity contribution >= 4 is 23.2 Å². The third kappa shape index (κ3) is 3.71. The van der Waals surface area contributed by atoms with E-state index in [0.29, 0.717) is 18.1 Å². The maximum atomic E-state index is 13.5. The van der Waals surface area contributed by atoms with Crippen LogP contribution in [0.2, 0.25) is 5.02 Å². The number of benzene rings is 1. The Morgan fingerprint density at radius 3 is 2.87 bits per heavy atom. The highest BCUT2D eigenvalue weighted by Gasteiger charge is 2.31. The number of carbonyl (C=O) groups excluding carboxylic acids is 1. The molecule has 1 saturated heterocycles. The highest BCUT2D eigenvalue weighted by atomic mass is 35.5. The SMILES string of the molecule is Cc1nc2c3c(nn2c(C)c1Cl)CN(C(=O)c1ccccc1CN1CCCNCC1)C3. The molecule has 0 atom stereocenters. The molecule has 1 aromatic carbocycles. The van der Waals surface area contributed by atoms with Crippen LogP contribution < -0.4 is 5.32 Å². The van der Waals surface area contributed by atoms with Gasteiger partial charge in [0.15, 0.2) is 5.65 Å².